The van der Waals surface area contributed by atoms with Crippen LogP contribution in [0.4, 0.5) is 0 Å². The molecule has 0 aromatic heterocycles. The zero-order chi connectivity index (χ0) is 8.81. The molecule has 0 aliphatic heterocycles. The monoisotopic (exact) mass is 171 g/mol. The molecule has 0 radical (unpaired) electrons. The van der Waals surface area contributed by atoms with E-state index in [1.54, 1.807) is 7.11 Å². The van der Waals surface area contributed by atoms with Crippen LogP contribution in [-0.2, 0) is 4.74 Å². The summed E-state index contributed by atoms with van der Waals surface area (Å²) in [5.74, 6) is 0.918. The molecule has 2 nitrogen and oxygen atoms in total. The second kappa shape index (κ2) is 5.55. The summed E-state index contributed by atoms with van der Waals surface area (Å²) in [6.07, 6.45) is 8.32. The van der Waals surface area contributed by atoms with Crippen molar-refractivity contribution in [1.29, 1.82) is 0 Å². The Balaban J connectivity index is 2.16. The first kappa shape index (κ1) is 10.0. The van der Waals surface area contributed by atoms with Crippen molar-refractivity contribution in [2.75, 3.05) is 13.7 Å². The van der Waals surface area contributed by atoms with Crippen molar-refractivity contribution in [3.63, 3.8) is 0 Å². The van der Waals surface area contributed by atoms with Gasteiger partial charge in [-0.05, 0) is 25.3 Å². The molecule has 1 fully saturated rings. The first-order valence-corrected chi connectivity index (χ1v) is 5.09. The Kier molecular flexibility index (Phi) is 4.62. The van der Waals surface area contributed by atoms with Crippen LogP contribution in [0.3, 0.4) is 0 Å². The summed E-state index contributed by atoms with van der Waals surface area (Å²) in [5, 5.41) is 0. The van der Waals surface area contributed by atoms with Gasteiger partial charge in [-0.1, -0.05) is 25.7 Å². The zero-order valence-electron chi connectivity index (χ0n) is 8.09. The number of nitrogens with two attached hydrogens (primary N) is 1. The van der Waals surface area contributed by atoms with Crippen LogP contribution in [-0.4, -0.2) is 19.8 Å². The van der Waals surface area contributed by atoms with E-state index in [9.17, 15) is 0 Å². The van der Waals surface area contributed by atoms with E-state index in [-0.39, 0.29) is 0 Å². The highest BCUT2D eigenvalue weighted by atomic mass is 16.5. The van der Waals surface area contributed by atoms with Gasteiger partial charge in [0.05, 0.1) is 6.10 Å². The van der Waals surface area contributed by atoms with Crippen molar-refractivity contribution < 1.29 is 4.74 Å². The van der Waals surface area contributed by atoms with Crippen LogP contribution in [0.2, 0.25) is 0 Å². The van der Waals surface area contributed by atoms with Crippen LogP contribution in [0.25, 0.3) is 0 Å². The van der Waals surface area contributed by atoms with Crippen LogP contribution < -0.4 is 5.73 Å². The first-order valence-electron chi connectivity index (χ1n) is 5.09. The standard InChI is InChI=1S/C10H21NO/c1-12-10(6-7-11)8-9-4-2-3-5-9/h9-10H,2-8,11H2,1H3. The summed E-state index contributed by atoms with van der Waals surface area (Å²) in [6.45, 7) is 0.755. The van der Waals surface area contributed by atoms with E-state index in [4.69, 9.17) is 10.5 Å². The number of methoxy groups -OCH3 is 1. The Bertz CT molecular complexity index is 110. The molecule has 1 unspecified atom stereocenters. The van der Waals surface area contributed by atoms with E-state index in [0.717, 1.165) is 18.9 Å². The van der Waals surface area contributed by atoms with Crippen molar-refractivity contribution in [2.24, 2.45) is 11.7 Å². The third-order valence-corrected chi connectivity index (χ3v) is 2.89. The molecule has 12 heavy (non-hydrogen) atoms. The molecule has 72 valence electrons. The lowest BCUT2D eigenvalue weighted by molar-refractivity contribution is 0.0758. The average Bonchev–Trinajstić information content (AvgIpc) is 2.56. The number of rotatable bonds is 5. The van der Waals surface area contributed by atoms with Gasteiger partial charge in [0.15, 0.2) is 0 Å². The van der Waals surface area contributed by atoms with Crippen molar-refractivity contribution in [3.05, 3.63) is 0 Å². The largest absolute Gasteiger partial charge is 0.381 e. The molecule has 0 saturated heterocycles. The van der Waals surface area contributed by atoms with Gasteiger partial charge in [-0.25, -0.2) is 0 Å². The summed E-state index contributed by atoms with van der Waals surface area (Å²) in [5.41, 5.74) is 5.50. The molecule has 0 aromatic carbocycles. The van der Waals surface area contributed by atoms with Gasteiger partial charge in [-0.3, -0.25) is 0 Å². The lowest BCUT2D eigenvalue weighted by Gasteiger charge is -2.18. The molecule has 0 aromatic rings. The molecule has 1 aliphatic rings. The predicted octanol–water partition coefficient (Wildman–Crippen LogP) is 1.93. The molecule has 1 atom stereocenters. The van der Waals surface area contributed by atoms with Gasteiger partial charge < -0.3 is 10.5 Å². The van der Waals surface area contributed by atoms with E-state index < -0.39 is 0 Å². The molecule has 2 heteroatoms. The molecule has 1 saturated carbocycles. The van der Waals surface area contributed by atoms with Crippen LogP contribution in [0.1, 0.15) is 38.5 Å². The average molecular weight is 171 g/mol. The van der Waals surface area contributed by atoms with Crippen molar-refractivity contribution in [2.45, 2.75) is 44.6 Å². The summed E-state index contributed by atoms with van der Waals surface area (Å²) in [4.78, 5) is 0. The van der Waals surface area contributed by atoms with Crippen LogP contribution in [0.5, 0.6) is 0 Å². The number of ether oxygens (including phenoxy) is 1. The van der Waals surface area contributed by atoms with Gasteiger partial charge in [0.25, 0.3) is 0 Å². The van der Waals surface area contributed by atoms with Gasteiger partial charge in [0.2, 0.25) is 0 Å². The van der Waals surface area contributed by atoms with E-state index >= 15 is 0 Å². The summed E-state index contributed by atoms with van der Waals surface area (Å²) in [6, 6.07) is 0. The Morgan fingerprint density at radius 2 is 2.08 bits per heavy atom. The molecule has 1 aliphatic carbocycles. The topological polar surface area (TPSA) is 35.2 Å². The minimum Gasteiger partial charge on any atom is -0.381 e. The summed E-state index contributed by atoms with van der Waals surface area (Å²) >= 11 is 0. The minimum atomic E-state index is 0.415. The number of hydrogen-bond donors (Lipinski definition) is 1. The summed E-state index contributed by atoms with van der Waals surface area (Å²) < 4.78 is 5.37. The maximum Gasteiger partial charge on any atom is 0.0586 e. The van der Waals surface area contributed by atoms with Crippen molar-refractivity contribution in [3.8, 4) is 0 Å². The zero-order valence-corrected chi connectivity index (χ0v) is 8.09. The number of hydrogen-bond acceptors (Lipinski definition) is 2. The van der Waals surface area contributed by atoms with E-state index in [2.05, 4.69) is 0 Å². The molecule has 0 spiro atoms. The fourth-order valence-electron chi connectivity index (χ4n) is 2.14. The smallest absolute Gasteiger partial charge is 0.0586 e. The van der Waals surface area contributed by atoms with Crippen molar-refractivity contribution in [1.82, 2.24) is 0 Å². The Morgan fingerprint density at radius 3 is 2.58 bits per heavy atom. The minimum absolute atomic E-state index is 0.415. The molecule has 0 bridgehead atoms. The van der Waals surface area contributed by atoms with Crippen LogP contribution in [0, 0.1) is 5.92 Å². The van der Waals surface area contributed by atoms with Gasteiger partial charge in [-0.2, -0.15) is 0 Å². The highest BCUT2D eigenvalue weighted by molar-refractivity contribution is 4.71. The van der Waals surface area contributed by atoms with Gasteiger partial charge in [0.1, 0.15) is 0 Å². The summed E-state index contributed by atoms with van der Waals surface area (Å²) in [7, 11) is 1.80. The van der Waals surface area contributed by atoms with Crippen LogP contribution in [0.15, 0.2) is 0 Å². The molecule has 1 rings (SSSR count). The van der Waals surface area contributed by atoms with Gasteiger partial charge in [0, 0.05) is 7.11 Å². The normalized spacial score (nSPS) is 21.5. The van der Waals surface area contributed by atoms with Crippen LogP contribution >= 0.6 is 0 Å². The second-order valence-electron chi connectivity index (χ2n) is 3.82. The van der Waals surface area contributed by atoms with E-state index in [0.29, 0.717) is 6.10 Å². The SMILES string of the molecule is COC(CCN)CC1CCCC1. The fourth-order valence-corrected chi connectivity index (χ4v) is 2.14. The highest BCUT2D eigenvalue weighted by Crippen LogP contribution is 2.29. The third kappa shape index (κ3) is 3.11. The van der Waals surface area contributed by atoms with E-state index in [1.165, 1.54) is 32.1 Å². The molecule has 0 heterocycles. The first-order chi connectivity index (χ1) is 5.86. The molecular weight excluding hydrogens is 150 g/mol. The van der Waals surface area contributed by atoms with Crippen molar-refractivity contribution >= 4 is 0 Å². The lowest BCUT2D eigenvalue weighted by atomic mass is 9.98. The predicted molar refractivity (Wildman–Crippen MR) is 51.0 cm³/mol. The third-order valence-electron chi connectivity index (χ3n) is 2.89. The maximum absolute atomic E-state index is 5.50. The molecular formula is C10H21NO. The second-order valence-corrected chi connectivity index (χ2v) is 3.82. The molecule has 0 amide bonds. The van der Waals surface area contributed by atoms with Gasteiger partial charge in [-0.15, -0.1) is 0 Å². The Labute approximate surface area is 75.5 Å². The maximum atomic E-state index is 5.50. The Hall–Kier alpha value is -0.0800. The van der Waals surface area contributed by atoms with Gasteiger partial charge >= 0.3 is 0 Å². The quantitative estimate of drug-likeness (QED) is 0.686. The Morgan fingerprint density at radius 1 is 1.42 bits per heavy atom. The lowest BCUT2D eigenvalue weighted by Crippen LogP contribution is -2.19. The highest BCUT2D eigenvalue weighted by Gasteiger charge is 2.19. The van der Waals surface area contributed by atoms with E-state index in [1.807, 2.05) is 0 Å². The fraction of sp³-hybridized carbons (Fsp3) is 1.00. The molecule has 2 N–H and O–H groups in total.